The molecule has 1 aromatic rings. The SMILES string of the molecule is O=C(NCC1C=C(Br)NO1)Nc1ccccc1. The number of nitrogens with one attached hydrogen (secondary N) is 3. The highest BCUT2D eigenvalue weighted by molar-refractivity contribution is 9.11. The number of carbonyl (C=O) groups is 1. The molecular formula is C11H12BrN3O2. The summed E-state index contributed by atoms with van der Waals surface area (Å²) in [6.07, 6.45) is 1.67. The number of amides is 2. The lowest BCUT2D eigenvalue weighted by Gasteiger charge is -2.10. The highest BCUT2D eigenvalue weighted by Gasteiger charge is 2.15. The average molecular weight is 298 g/mol. The summed E-state index contributed by atoms with van der Waals surface area (Å²) in [6, 6.07) is 9.01. The third kappa shape index (κ3) is 3.76. The minimum Gasteiger partial charge on any atom is -0.335 e. The van der Waals surface area contributed by atoms with Gasteiger partial charge in [0.15, 0.2) is 0 Å². The van der Waals surface area contributed by atoms with Gasteiger partial charge in [-0.1, -0.05) is 18.2 Å². The van der Waals surface area contributed by atoms with Crippen LogP contribution in [-0.2, 0) is 4.84 Å². The van der Waals surface area contributed by atoms with Crippen molar-refractivity contribution in [3.63, 3.8) is 0 Å². The number of benzene rings is 1. The smallest absolute Gasteiger partial charge is 0.319 e. The Kier molecular flexibility index (Phi) is 4.00. The molecule has 0 fully saturated rings. The van der Waals surface area contributed by atoms with Gasteiger partial charge >= 0.3 is 6.03 Å². The van der Waals surface area contributed by atoms with Crippen molar-refractivity contribution in [2.75, 3.05) is 11.9 Å². The molecule has 2 rings (SSSR count). The highest BCUT2D eigenvalue weighted by Crippen LogP contribution is 2.11. The van der Waals surface area contributed by atoms with Crippen LogP contribution >= 0.6 is 15.9 Å². The van der Waals surface area contributed by atoms with Gasteiger partial charge in [-0.2, -0.15) is 0 Å². The molecule has 1 heterocycles. The van der Waals surface area contributed by atoms with E-state index in [1.807, 2.05) is 36.4 Å². The summed E-state index contributed by atoms with van der Waals surface area (Å²) in [5.41, 5.74) is 3.41. The molecule has 1 atom stereocenters. The molecule has 0 saturated carbocycles. The van der Waals surface area contributed by atoms with Gasteiger partial charge in [-0.3, -0.25) is 10.3 Å². The zero-order valence-corrected chi connectivity index (χ0v) is 10.5. The van der Waals surface area contributed by atoms with Gasteiger partial charge in [-0.05, 0) is 34.1 Å². The van der Waals surface area contributed by atoms with Crippen LogP contribution < -0.4 is 16.1 Å². The zero-order chi connectivity index (χ0) is 12.1. The Morgan fingerprint density at radius 3 is 2.82 bits per heavy atom. The van der Waals surface area contributed by atoms with Gasteiger partial charge < -0.3 is 10.6 Å². The molecule has 0 aliphatic carbocycles. The maximum atomic E-state index is 11.5. The van der Waals surface area contributed by atoms with Crippen molar-refractivity contribution in [2.24, 2.45) is 0 Å². The van der Waals surface area contributed by atoms with Crippen LogP contribution in [0.3, 0.4) is 0 Å². The summed E-state index contributed by atoms with van der Waals surface area (Å²) in [6.45, 7) is 0.404. The minimum atomic E-state index is -0.253. The van der Waals surface area contributed by atoms with Crippen molar-refractivity contribution in [1.82, 2.24) is 10.8 Å². The molecule has 0 radical (unpaired) electrons. The fraction of sp³-hybridized carbons (Fsp3) is 0.182. The third-order valence-corrected chi connectivity index (χ3v) is 2.56. The third-order valence-electron chi connectivity index (χ3n) is 2.14. The molecule has 0 saturated heterocycles. The molecule has 0 aromatic heterocycles. The summed E-state index contributed by atoms with van der Waals surface area (Å²) in [5, 5.41) is 5.43. The quantitative estimate of drug-likeness (QED) is 0.747. The average Bonchev–Trinajstić information content (AvgIpc) is 2.74. The van der Waals surface area contributed by atoms with Crippen molar-refractivity contribution in [3.8, 4) is 0 Å². The standard InChI is InChI=1S/C11H12BrN3O2/c12-10-6-9(17-15-10)7-13-11(16)14-8-4-2-1-3-5-8/h1-6,9,15H,7H2,(H2,13,14,16). The van der Waals surface area contributed by atoms with E-state index in [1.54, 1.807) is 0 Å². The van der Waals surface area contributed by atoms with E-state index < -0.39 is 0 Å². The molecule has 17 heavy (non-hydrogen) atoms. The van der Waals surface area contributed by atoms with Crippen molar-refractivity contribution in [3.05, 3.63) is 41.0 Å². The van der Waals surface area contributed by atoms with Crippen LogP contribution in [0.15, 0.2) is 41.0 Å². The Labute approximate surface area is 107 Å². The first kappa shape index (κ1) is 11.9. The molecule has 0 spiro atoms. The fourth-order valence-electron chi connectivity index (χ4n) is 1.35. The van der Waals surface area contributed by atoms with Crippen molar-refractivity contribution < 1.29 is 9.63 Å². The van der Waals surface area contributed by atoms with Crippen LogP contribution in [0.2, 0.25) is 0 Å². The lowest BCUT2D eigenvalue weighted by molar-refractivity contribution is 0.0481. The Morgan fingerprint density at radius 1 is 1.41 bits per heavy atom. The maximum Gasteiger partial charge on any atom is 0.319 e. The van der Waals surface area contributed by atoms with E-state index in [2.05, 4.69) is 32.0 Å². The van der Waals surface area contributed by atoms with Gasteiger partial charge in [0.25, 0.3) is 0 Å². The molecule has 5 nitrogen and oxygen atoms in total. The van der Waals surface area contributed by atoms with E-state index in [0.717, 1.165) is 10.3 Å². The van der Waals surface area contributed by atoms with E-state index in [9.17, 15) is 4.79 Å². The molecule has 0 bridgehead atoms. The van der Waals surface area contributed by atoms with E-state index in [1.165, 1.54) is 0 Å². The Balaban J connectivity index is 1.75. The summed E-state index contributed by atoms with van der Waals surface area (Å²) < 4.78 is 0.771. The second-order valence-electron chi connectivity index (χ2n) is 3.47. The predicted octanol–water partition coefficient (Wildman–Crippen LogP) is 1.95. The van der Waals surface area contributed by atoms with E-state index in [0.29, 0.717) is 6.54 Å². The Morgan fingerprint density at radius 2 is 2.18 bits per heavy atom. The number of hydrogen-bond donors (Lipinski definition) is 3. The van der Waals surface area contributed by atoms with Gasteiger partial charge in [0.05, 0.1) is 6.54 Å². The summed E-state index contributed by atoms with van der Waals surface area (Å²) in [7, 11) is 0. The van der Waals surface area contributed by atoms with E-state index >= 15 is 0 Å². The van der Waals surface area contributed by atoms with Gasteiger partial charge in [-0.25, -0.2) is 4.79 Å². The molecule has 1 unspecified atom stereocenters. The summed E-state index contributed by atoms with van der Waals surface area (Å²) >= 11 is 3.24. The van der Waals surface area contributed by atoms with Crippen LogP contribution in [0.25, 0.3) is 0 Å². The highest BCUT2D eigenvalue weighted by atomic mass is 79.9. The molecule has 1 aromatic carbocycles. The number of carbonyl (C=O) groups excluding carboxylic acids is 1. The normalized spacial score (nSPS) is 18.2. The van der Waals surface area contributed by atoms with Crippen LogP contribution in [-0.4, -0.2) is 18.7 Å². The molecule has 2 amide bonds. The second-order valence-corrected chi connectivity index (χ2v) is 4.33. The number of anilines is 1. The van der Waals surface area contributed by atoms with Crippen LogP contribution in [0.4, 0.5) is 10.5 Å². The first-order valence-corrected chi connectivity index (χ1v) is 5.92. The molecular weight excluding hydrogens is 286 g/mol. The minimum absolute atomic E-state index is 0.161. The van der Waals surface area contributed by atoms with Gasteiger partial charge in [0.1, 0.15) is 10.7 Å². The number of para-hydroxylation sites is 1. The Bertz CT molecular complexity index is 422. The lowest BCUT2D eigenvalue weighted by atomic mass is 10.3. The summed E-state index contributed by atoms with van der Waals surface area (Å²) in [4.78, 5) is 16.7. The van der Waals surface area contributed by atoms with Crippen molar-refractivity contribution in [1.29, 1.82) is 0 Å². The topological polar surface area (TPSA) is 62.4 Å². The second kappa shape index (κ2) is 5.70. The first-order valence-electron chi connectivity index (χ1n) is 5.13. The molecule has 1 aliphatic heterocycles. The van der Waals surface area contributed by atoms with Crippen molar-refractivity contribution in [2.45, 2.75) is 6.10 Å². The van der Waals surface area contributed by atoms with Gasteiger partial charge in [0.2, 0.25) is 0 Å². The number of urea groups is 1. The lowest BCUT2D eigenvalue weighted by Crippen LogP contribution is -2.35. The van der Waals surface area contributed by atoms with Crippen LogP contribution in [0, 0.1) is 0 Å². The number of halogens is 1. The van der Waals surface area contributed by atoms with E-state index in [-0.39, 0.29) is 12.1 Å². The van der Waals surface area contributed by atoms with Crippen molar-refractivity contribution >= 4 is 27.6 Å². The molecule has 6 heteroatoms. The number of rotatable bonds is 3. The molecule has 1 aliphatic rings. The predicted molar refractivity (Wildman–Crippen MR) is 68.5 cm³/mol. The zero-order valence-electron chi connectivity index (χ0n) is 8.94. The molecule has 3 N–H and O–H groups in total. The van der Waals surface area contributed by atoms with Crippen LogP contribution in [0.1, 0.15) is 0 Å². The Hall–Kier alpha value is -1.53. The van der Waals surface area contributed by atoms with E-state index in [4.69, 9.17) is 4.84 Å². The maximum absolute atomic E-state index is 11.5. The first-order chi connectivity index (χ1) is 8.24. The largest absolute Gasteiger partial charge is 0.335 e. The summed E-state index contributed by atoms with van der Waals surface area (Å²) in [5.74, 6) is 0. The number of hydroxylamine groups is 1. The van der Waals surface area contributed by atoms with Gasteiger partial charge in [0, 0.05) is 5.69 Å². The number of hydrogen-bond acceptors (Lipinski definition) is 3. The fourth-order valence-corrected chi connectivity index (χ4v) is 1.74. The van der Waals surface area contributed by atoms with Crippen LogP contribution in [0.5, 0.6) is 0 Å². The monoisotopic (exact) mass is 297 g/mol. The molecule has 90 valence electrons. The van der Waals surface area contributed by atoms with Gasteiger partial charge in [-0.15, -0.1) is 0 Å².